The van der Waals surface area contributed by atoms with E-state index in [-0.39, 0.29) is 10.6 Å². The third-order valence-electron chi connectivity index (χ3n) is 5.19. The molecule has 164 valence electrons. The molecule has 1 heterocycles. The van der Waals surface area contributed by atoms with E-state index in [9.17, 15) is 8.42 Å². The van der Waals surface area contributed by atoms with Gasteiger partial charge in [0.1, 0.15) is 22.1 Å². The quantitative estimate of drug-likeness (QED) is 0.643. The van der Waals surface area contributed by atoms with Gasteiger partial charge in [-0.2, -0.15) is 0 Å². The number of anilines is 1. The Morgan fingerprint density at radius 1 is 0.867 bits per heavy atom. The molecule has 0 spiro atoms. The largest absolute Gasteiger partial charge is 0.497 e. The number of rotatable bonds is 9. The van der Waals surface area contributed by atoms with Crippen LogP contribution in [0.3, 0.4) is 0 Å². The first kappa shape index (κ1) is 22.2. The molecule has 1 N–H and O–H groups in total. The van der Waals surface area contributed by atoms with Gasteiger partial charge in [0.05, 0.1) is 21.3 Å². The Hall–Kier alpha value is -2.49. The molecule has 2 aromatic rings. The molecule has 0 atom stereocenters. The van der Waals surface area contributed by atoms with Gasteiger partial charge in [-0.05, 0) is 36.4 Å². The molecule has 1 saturated heterocycles. The van der Waals surface area contributed by atoms with Crippen LogP contribution >= 0.6 is 0 Å². The van der Waals surface area contributed by atoms with Crippen LogP contribution in [0.5, 0.6) is 17.2 Å². The molecule has 1 aliphatic rings. The second-order valence-corrected chi connectivity index (χ2v) is 8.68. The predicted octanol–water partition coefficient (Wildman–Crippen LogP) is 1.81. The average Bonchev–Trinajstić information content (AvgIpc) is 2.79. The van der Waals surface area contributed by atoms with E-state index in [0.717, 1.165) is 31.9 Å². The number of hydrogen-bond donors (Lipinski definition) is 1. The van der Waals surface area contributed by atoms with Crippen molar-refractivity contribution in [2.45, 2.75) is 4.90 Å². The van der Waals surface area contributed by atoms with Crippen molar-refractivity contribution < 1.29 is 22.6 Å². The molecule has 2 aromatic carbocycles. The minimum Gasteiger partial charge on any atom is -0.497 e. The topological polar surface area (TPSA) is 80.3 Å². The van der Waals surface area contributed by atoms with Gasteiger partial charge in [-0.15, -0.1) is 0 Å². The van der Waals surface area contributed by atoms with Gasteiger partial charge in [-0.1, -0.05) is 0 Å². The monoisotopic (exact) mass is 435 g/mol. The Balaban J connectivity index is 1.51. The molecule has 1 aliphatic heterocycles. The number of nitrogens with zero attached hydrogens (tertiary/aromatic N) is 2. The molecule has 0 radical (unpaired) electrons. The maximum Gasteiger partial charge on any atom is 0.244 e. The summed E-state index contributed by atoms with van der Waals surface area (Å²) in [5, 5.41) is 0. The summed E-state index contributed by atoms with van der Waals surface area (Å²) in [6.45, 7) is 4.49. The number of piperazine rings is 1. The van der Waals surface area contributed by atoms with Crippen molar-refractivity contribution in [1.29, 1.82) is 0 Å². The Bertz CT molecular complexity index is 926. The number of methoxy groups -OCH3 is 3. The fraction of sp³-hybridized carbons (Fsp3) is 0.429. The zero-order valence-corrected chi connectivity index (χ0v) is 18.4. The molecule has 0 bridgehead atoms. The Labute approximate surface area is 178 Å². The highest BCUT2D eigenvalue weighted by molar-refractivity contribution is 7.89. The molecule has 0 aromatic heterocycles. The van der Waals surface area contributed by atoms with Crippen molar-refractivity contribution in [1.82, 2.24) is 9.62 Å². The summed E-state index contributed by atoms with van der Waals surface area (Å²) in [4.78, 5) is 4.65. The molecular formula is C21H29N3O5S. The summed E-state index contributed by atoms with van der Waals surface area (Å²) in [5.74, 6) is 1.60. The fourth-order valence-electron chi connectivity index (χ4n) is 3.43. The number of benzene rings is 2. The third-order valence-corrected chi connectivity index (χ3v) is 6.67. The Kier molecular flexibility index (Phi) is 7.41. The maximum atomic E-state index is 12.7. The molecule has 0 amide bonds. The summed E-state index contributed by atoms with van der Waals surface area (Å²) in [7, 11) is 0.903. The number of ether oxygens (including phenoxy) is 3. The molecule has 9 heteroatoms. The lowest BCUT2D eigenvalue weighted by molar-refractivity contribution is 0.262. The van der Waals surface area contributed by atoms with Gasteiger partial charge in [0.15, 0.2) is 0 Å². The number of nitrogens with one attached hydrogen (secondary N) is 1. The van der Waals surface area contributed by atoms with E-state index in [1.54, 1.807) is 19.2 Å². The lowest BCUT2D eigenvalue weighted by atomic mass is 10.2. The number of hydrogen-bond acceptors (Lipinski definition) is 7. The van der Waals surface area contributed by atoms with Gasteiger partial charge < -0.3 is 19.1 Å². The third kappa shape index (κ3) is 5.35. The molecular weight excluding hydrogens is 406 g/mol. The van der Waals surface area contributed by atoms with Crippen molar-refractivity contribution in [2.75, 3.05) is 65.5 Å². The van der Waals surface area contributed by atoms with Crippen molar-refractivity contribution in [3.8, 4) is 17.2 Å². The smallest absolute Gasteiger partial charge is 0.244 e. The van der Waals surface area contributed by atoms with Crippen LogP contribution in [0.25, 0.3) is 0 Å². The lowest BCUT2D eigenvalue weighted by Gasteiger charge is -2.36. The van der Waals surface area contributed by atoms with Crippen molar-refractivity contribution >= 4 is 15.7 Å². The zero-order valence-electron chi connectivity index (χ0n) is 17.6. The van der Waals surface area contributed by atoms with E-state index in [1.807, 2.05) is 12.1 Å². The highest BCUT2D eigenvalue weighted by Gasteiger charge is 2.22. The van der Waals surface area contributed by atoms with Crippen LogP contribution in [0, 0.1) is 0 Å². The molecule has 0 aliphatic carbocycles. The standard InChI is InChI=1S/C21H29N3O5S/c1-27-18-6-4-17(5-7-18)24-14-12-23(13-15-24)11-10-22-30(25,26)21-16-19(28-2)8-9-20(21)29-3/h4-9,16,22H,10-15H2,1-3H3. The van der Waals surface area contributed by atoms with Crippen LogP contribution in [-0.4, -0.2) is 73.9 Å². The van der Waals surface area contributed by atoms with E-state index >= 15 is 0 Å². The summed E-state index contributed by atoms with van der Waals surface area (Å²) in [6, 6.07) is 12.8. The van der Waals surface area contributed by atoms with E-state index in [1.165, 1.54) is 26.0 Å². The minimum atomic E-state index is -3.70. The molecule has 0 saturated carbocycles. The van der Waals surface area contributed by atoms with Crippen LogP contribution in [0.1, 0.15) is 0 Å². The summed E-state index contributed by atoms with van der Waals surface area (Å²) in [5.41, 5.74) is 1.17. The summed E-state index contributed by atoms with van der Waals surface area (Å²) >= 11 is 0. The fourth-order valence-corrected chi connectivity index (χ4v) is 4.64. The molecule has 3 rings (SSSR count). The van der Waals surface area contributed by atoms with Crippen LogP contribution in [0.15, 0.2) is 47.4 Å². The first-order valence-corrected chi connectivity index (χ1v) is 11.3. The maximum absolute atomic E-state index is 12.7. The van der Waals surface area contributed by atoms with Crippen molar-refractivity contribution in [3.63, 3.8) is 0 Å². The zero-order chi connectivity index (χ0) is 21.6. The van der Waals surface area contributed by atoms with Crippen LogP contribution in [-0.2, 0) is 10.0 Å². The normalized spacial score (nSPS) is 15.1. The van der Waals surface area contributed by atoms with Crippen LogP contribution in [0.2, 0.25) is 0 Å². The minimum absolute atomic E-state index is 0.0775. The van der Waals surface area contributed by atoms with Crippen molar-refractivity contribution in [2.24, 2.45) is 0 Å². The summed E-state index contributed by atoms with van der Waals surface area (Å²) < 4.78 is 43.7. The van der Waals surface area contributed by atoms with E-state index < -0.39 is 10.0 Å². The highest BCUT2D eigenvalue weighted by Crippen LogP contribution is 2.28. The number of sulfonamides is 1. The second-order valence-electron chi connectivity index (χ2n) is 6.94. The van der Waals surface area contributed by atoms with Crippen LogP contribution in [0.4, 0.5) is 5.69 Å². The molecule has 30 heavy (non-hydrogen) atoms. The second kappa shape index (κ2) is 10.0. The summed E-state index contributed by atoms with van der Waals surface area (Å²) in [6.07, 6.45) is 0. The Morgan fingerprint density at radius 3 is 2.10 bits per heavy atom. The van der Waals surface area contributed by atoms with Gasteiger partial charge >= 0.3 is 0 Å². The van der Waals surface area contributed by atoms with Gasteiger partial charge in [-0.3, -0.25) is 4.90 Å². The van der Waals surface area contributed by atoms with Crippen LogP contribution < -0.4 is 23.8 Å². The van der Waals surface area contributed by atoms with Gasteiger partial charge in [0.2, 0.25) is 10.0 Å². The highest BCUT2D eigenvalue weighted by atomic mass is 32.2. The lowest BCUT2D eigenvalue weighted by Crippen LogP contribution is -2.48. The molecule has 8 nitrogen and oxygen atoms in total. The molecule has 1 fully saturated rings. The first-order chi connectivity index (χ1) is 14.5. The molecule has 0 unspecified atom stereocenters. The van der Waals surface area contributed by atoms with Gasteiger partial charge in [0, 0.05) is 51.0 Å². The first-order valence-electron chi connectivity index (χ1n) is 9.80. The van der Waals surface area contributed by atoms with E-state index in [4.69, 9.17) is 14.2 Å². The SMILES string of the molecule is COc1ccc(N2CCN(CCNS(=O)(=O)c3cc(OC)ccc3OC)CC2)cc1. The van der Waals surface area contributed by atoms with E-state index in [2.05, 4.69) is 26.7 Å². The Morgan fingerprint density at radius 2 is 1.50 bits per heavy atom. The van der Waals surface area contributed by atoms with Gasteiger partial charge in [-0.25, -0.2) is 13.1 Å². The van der Waals surface area contributed by atoms with Crippen molar-refractivity contribution in [3.05, 3.63) is 42.5 Å². The van der Waals surface area contributed by atoms with E-state index in [0.29, 0.717) is 18.8 Å². The predicted molar refractivity (Wildman–Crippen MR) is 116 cm³/mol. The van der Waals surface area contributed by atoms with Gasteiger partial charge in [0.25, 0.3) is 0 Å². The average molecular weight is 436 g/mol.